The fraction of sp³-hybridized carbons (Fsp3) is 1.00. The van der Waals surface area contributed by atoms with Gasteiger partial charge >= 0.3 is 0 Å². The highest BCUT2D eigenvalue weighted by Gasteiger charge is 2.24. The molecule has 0 N–H and O–H groups in total. The molecule has 4 heteroatoms. The summed E-state index contributed by atoms with van der Waals surface area (Å²) in [6.07, 6.45) is 0. The number of thiol groups is 1. The van der Waals surface area contributed by atoms with Gasteiger partial charge in [0.2, 0.25) is 0 Å². The van der Waals surface area contributed by atoms with Gasteiger partial charge in [-0.15, -0.1) is 0 Å². The van der Waals surface area contributed by atoms with Gasteiger partial charge in [-0.3, -0.25) is 0 Å². The smallest absolute Gasteiger partial charge is 0.182 e. The van der Waals surface area contributed by atoms with Gasteiger partial charge in [-0.25, -0.2) is 8.42 Å². The molecule has 0 aliphatic carbocycles. The predicted molar refractivity (Wildman–Crippen MR) is 77.0 cm³/mol. The van der Waals surface area contributed by atoms with Crippen LogP contribution >= 0.6 is 9.93 Å². The van der Waals surface area contributed by atoms with Crippen molar-refractivity contribution in [3.63, 3.8) is 0 Å². The van der Waals surface area contributed by atoms with Crippen LogP contribution in [0.5, 0.6) is 0 Å². The molecule has 0 spiro atoms. The first-order valence-electron chi connectivity index (χ1n) is 6.13. The standard InChI is InChI=1S/C12H28O2S2/c1-10(2)7-15(8-11(3)4)16(13,14)9-12(5)6/h10-12,15H,7-9H2,1-6H3. The maximum Gasteiger partial charge on any atom is 0.182 e. The molecule has 0 amide bonds. The molecular weight excluding hydrogens is 240 g/mol. The van der Waals surface area contributed by atoms with Gasteiger partial charge in [0, 0.05) is 0 Å². The molecule has 0 atom stereocenters. The van der Waals surface area contributed by atoms with Crippen molar-refractivity contribution in [1.82, 2.24) is 0 Å². The van der Waals surface area contributed by atoms with Crippen LogP contribution in [0.25, 0.3) is 0 Å². The average Bonchev–Trinajstić information content (AvgIpc) is 1.98. The van der Waals surface area contributed by atoms with E-state index in [0.29, 0.717) is 17.6 Å². The van der Waals surface area contributed by atoms with Gasteiger partial charge in [0.05, 0.1) is 5.75 Å². The third kappa shape index (κ3) is 6.79. The van der Waals surface area contributed by atoms with Gasteiger partial charge in [-0.1, -0.05) is 41.5 Å². The third-order valence-electron chi connectivity index (χ3n) is 2.07. The minimum Gasteiger partial charge on any atom is -0.219 e. The zero-order chi connectivity index (χ0) is 12.9. The highest BCUT2D eigenvalue weighted by Crippen LogP contribution is 2.38. The predicted octanol–water partition coefficient (Wildman–Crippen LogP) is 3.29. The monoisotopic (exact) mass is 268 g/mol. The zero-order valence-electron chi connectivity index (χ0n) is 11.5. The molecule has 0 saturated carbocycles. The quantitative estimate of drug-likeness (QED) is 0.568. The van der Waals surface area contributed by atoms with Crippen molar-refractivity contribution in [2.75, 3.05) is 17.3 Å². The number of hydrogen-bond acceptors (Lipinski definition) is 2. The Bertz CT molecular complexity index is 269. The Hall–Kier alpha value is 0.300. The molecule has 0 radical (unpaired) electrons. The highest BCUT2D eigenvalue weighted by atomic mass is 33.2. The summed E-state index contributed by atoms with van der Waals surface area (Å²) in [4.78, 5) is 0. The molecule has 0 aliphatic rings. The van der Waals surface area contributed by atoms with Crippen LogP contribution in [0.15, 0.2) is 0 Å². The summed E-state index contributed by atoms with van der Waals surface area (Å²) in [6.45, 7) is 12.4. The van der Waals surface area contributed by atoms with Crippen LogP contribution in [-0.2, 0) is 8.87 Å². The van der Waals surface area contributed by atoms with Crippen LogP contribution in [0, 0.1) is 17.8 Å². The molecule has 0 unspecified atom stereocenters. The van der Waals surface area contributed by atoms with Gasteiger partial charge in [0.1, 0.15) is 0 Å². The van der Waals surface area contributed by atoms with Crippen molar-refractivity contribution < 1.29 is 8.42 Å². The van der Waals surface area contributed by atoms with Crippen LogP contribution < -0.4 is 0 Å². The summed E-state index contributed by atoms with van der Waals surface area (Å²) >= 11 is 0. The minimum atomic E-state index is -2.85. The molecular formula is C12H28O2S2. The lowest BCUT2D eigenvalue weighted by molar-refractivity contribution is 0.595. The van der Waals surface area contributed by atoms with Crippen LogP contribution in [-0.4, -0.2) is 25.7 Å². The van der Waals surface area contributed by atoms with E-state index in [0.717, 1.165) is 11.5 Å². The zero-order valence-corrected chi connectivity index (χ0v) is 13.2. The van der Waals surface area contributed by atoms with Crippen LogP contribution in [0.3, 0.4) is 0 Å². The van der Waals surface area contributed by atoms with Crippen molar-refractivity contribution in [1.29, 1.82) is 0 Å². The maximum atomic E-state index is 12.2. The highest BCUT2D eigenvalue weighted by molar-refractivity contribution is 8.81. The van der Waals surface area contributed by atoms with E-state index in [4.69, 9.17) is 0 Å². The topological polar surface area (TPSA) is 34.1 Å². The molecule has 0 bridgehead atoms. The van der Waals surface area contributed by atoms with Gasteiger partial charge in [0.25, 0.3) is 0 Å². The Labute approximate surface area is 104 Å². The third-order valence-corrected chi connectivity index (χ3v) is 9.93. The normalized spacial score (nSPS) is 13.9. The molecule has 16 heavy (non-hydrogen) atoms. The minimum absolute atomic E-state index is 0.245. The molecule has 0 aromatic heterocycles. The maximum absolute atomic E-state index is 12.2. The Balaban J connectivity index is 4.73. The SMILES string of the molecule is CC(C)C[SH](CC(C)C)S(=O)(=O)CC(C)C. The molecule has 0 heterocycles. The molecule has 0 saturated heterocycles. The van der Waals surface area contributed by atoms with Gasteiger partial charge in [-0.05, 0) is 29.3 Å². The van der Waals surface area contributed by atoms with Crippen molar-refractivity contribution in [2.24, 2.45) is 17.8 Å². The summed E-state index contributed by atoms with van der Waals surface area (Å²) in [6, 6.07) is 0. The van der Waals surface area contributed by atoms with Crippen molar-refractivity contribution in [3.8, 4) is 0 Å². The second-order valence-corrected chi connectivity index (χ2v) is 12.2. The van der Waals surface area contributed by atoms with E-state index in [2.05, 4.69) is 27.7 Å². The van der Waals surface area contributed by atoms with E-state index in [1.54, 1.807) is 0 Å². The lowest BCUT2D eigenvalue weighted by Gasteiger charge is -2.26. The molecule has 0 aromatic rings. The fourth-order valence-electron chi connectivity index (χ4n) is 1.64. The van der Waals surface area contributed by atoms with E-state index < -0.39 is 18.8 Å². The molecule has 100 valence electrons. The lowest BCUT2D eigenvalue weighted by Crippen LogP contribution is -2.18. The second-order valence-electron chi connectivity index (χ2n) is 5.78. The van der Waals surface area contributed by atoms with Gasteiger partial charge < -0.3 is 0 Å². The van der Waals surface area contributed by atoms with Crippen LogP contribution in [0.2, 0.25) is 0 Å². The van der Waals surface area contributed by atoms with E-state index in [9.17, 15) is 8.42 Å². The fourth-order valence-corrected chi connectivity index (χ4v) is 9.61. The van der Waals surface area contributed by atoms with E-state index in [1.165, 1.54) is 0 Å². The summed E-state index contributed by atoms with van der Waals surface area (Å²) < 4.78 is 24.5. The van der Waals surface area contributed by atoms with Gasteiger partial charge in [-0.2, -0.15) is 9.93 Å². The molecule has 2 nitrogen and oxygen atoms in total. The Morgan fingerprint density at radius 3 is 1.44 bits per heavy atom. The van der Waals surface area contributed by atoms with Crippen LogP contribution in [0.4, 0.5) is 0 Å². The van der Waals surface area contributed by atoms with Crippen LogP contribution in [0.1, 0.15) is 41.5 Å². The average molecular weight is 268 g/mol. The summed E-state index contributed by atoms with van der Waals surface area (Å²) in [5.41, 5.74) is 0. The van der Waals surface area contributed by atoms with E-state index >= 15 is 0 Å². The van der Waals surface area contributed by atoms with Crippen molar-refractivity contribution in [2.45, 2.75) is 41.5 Å². The summed E-state index contributed by atoms with van der Waals surface area (Å²) in [5, 5.41) is 0. The number of rotatable bonds is 7. The number of hydrogen-bond donors (Lipinski definition) is 1. The van der Waals surface area contributed by atoms with Crippen molar-refractivity contribution >= 4 is 18.8 Å². The molecule has 0 rings (SSSR count). The molecule has 0 fully saturated rings. The Morgan fingerprint density at radius 2 is 1.19 bits per heavy atom. The summed E-state index contributed by atoms with van der Waals surface area (Å²) in [7, 11) is -3.69. The second kappa shape index (κ2) is 6.90. The van der Waals surface area contributed by atoms with Crippen molar-refractivity contribution in [3.05, 3.63) is 0 Å². The Kier molecular flexibility index (Phi) is 7.03. The first kappa shape index (κ1) is 16.3. The lowest BCUT2D eigenvalue weighted by atomic mass is 10.3. The van der Waals surface area contributed by atoms with Gasteiger partial charge in [0.15, 0.2) is 8.87 Å². The van der Waals surface area contributed by atoms with E-state index in [1.807, 2.05) is 13.8 Å². The largest absolute Gasteiger partial charge is 0.219 e. The molecule has 0 aliphatic heterocycles. The first-order chi connectivity index (χ1) is 7.15. The summed E-state index contributed by atoms with van der Waals surface area (Å²) in [5.74, 6) is 3.29. The first-order valence-corrected chi connectivity index (χ1v) is 10.1. The van der Waals surface area contributed by atoms with E-state index in [-0.39, 0.29) is 5.92 Å². The molecule has 0 aromatic carbocycles. The Morgan fingerprint density at radius 1 is 0.812 bits per heavy atom.